The van der Waals surface area contributed by atoms with Gasteiger partial charge in [-0.05, 0) is 50.1 Å². The topological polar surface area (TPSA) is 83.5 Å². The van der Waals surface area contributed by atoms with Gasteiger partial charge in [0.05, 0.1) is 15.3 Å². The second-order valence-corrected chi connectivity index (χ2v) is 9.28. The van der Waals surface area contributed by atoms with E-state index in [1.54, 1.807) is 51.1 Å². The molecule has 1 unspecified atom stereocenters. The standard InChI is InChI=1S/C18H20BrNO4S/c1-18(2,3)20-25(23,24)13-10-8-12(9-11-13)16(19)14-6-4-5-7-15(14)17(21)22/h4-11,16,20H,1-3H3,(H,21,22). The predicted molar refractivity (Wildman–Crippen MR) is 101 cm³/mol. The molecule has 0 fully saturated rings. The molecular formula is C18H20BrNO4S. The van der Waals surface area contributed by atoms with Crippen molar-refractivity contribution in [3.05, 3.63) is 65.2 Å². The molecule has 0 amide bonds. The van der Waals surface area contributed by atoms with Gasteiger partial charge in [-0.15, -0.1) is 0 Å². The molecule has 0 heterocycles. The quantitative estimate of drug-likeness (QED) is 0.710. The van der Waals surface area contributed by atoms with Crippen molar-refractivity contribution >= 4 is 31.9 Å². The van der Waals surface area contributed by atoms with Crippen LogP contribution in [0.1, 0.15) is 47.1 Å². The Morgan fingerprint density at radius 3 is 2.16 bits per heavy atom. The number of benzene rings is 2. The van der Waals surface area contributed by atoms with Crippen molar-refractivity contribution in [1.82, 2.24) is 4.72 Å². The first-order valence-corrected chi connectivity index (χ1v) is 10.0. The van der Waals surface area contributed by atoms with Gasteiger partial charge in [0.1, 0.15) is 0 Å². The Labute approximate surface area is 156 Å². The van der Waals surface area contributed by atoms with E-state index in [0.29, 0.717) is 5.56 Å². The highest BCUT2D eigenvalue weighted by Crippen LogP contribution is 2.33. The van der Waals surface area contributed by atoms with Crippen LogP contribution in [0.5, 0.6) is 0 Å². The molecule has 0 radical (unpaired) electrons. The van der Waals surface area contributed by atoms with Crippen LogP contribution >= 0.6 is 15.9 Å². The van der Waals surface area contributed by atoms with Crippen LogP contribution in [-0.2, 0) is 10.0 Å². The third kappa shape index (κ3) is 4.90. The van der Waals surface area contributed by atoms with Crippen LogP contribution in [0.2, 0.25) is 0 Å². The van der Waals surface area contributed by atoms with Crippen molar-refractivity contribution in [3.63, 3.8) is 0 Å². The average molecular weight is 426 g/mol. The SMILES string of the molecule is CC(C)(C)NS(=O)(=O)c1ccc(C(Br)c2ccccc2C(=O)O)cc1. The van der Waals surface area contributed by atoms with Crippen LogP contribution in [0, 0.1) is 0 Å². The number of aromatic carboxylic acids is 1. The number of hydrogen-bond donors (Lipinski definition) is 2. The first-order valence-electron chi connectivity index (χ1n) is 7.61. The molecule has 0 spiro atoms. The molecule has 2 aromatic carbocycles. The van der Waals surface area contributed by atoms with Crippen molar-refractivity contribution in [2.45, 2.75) is 36.0 Å². The number of halogens is 1. The number of carboxylic acids is 1. The minimum atomic E-state index is -3.61. The number of sulfonamides is 1. The van der Waals surface area contributed by atoms with E-state index in [4.69, 9.17) is 0 Å². The highest BCUT2D eigenvalue weighted by atomic mass is 79.9. The van der Waals surface area contributed by atoms with Gasteiger partial charge < -0.3 is 5.11 Å². The second kappa shape index (κ2) is 7.27. The molecular weight excluding hydrogens is 406 g/mol. The highest BCUT2D eigenvalue weighted by Gasteiger charge is 2.23. The fourth-order valence-electron chi connectivity index (χ4n) is 2.37. The second-order valence-electron chi connectivity index (χ2n) is 6.68. The molecule has 0 aliphatic heterocycles. The fourth-order valence-corrected chi connectivity index (χ4v) is 4.49. The number of alkyl halides is 1. The summed E-state index contributed by atoms with van der Waals surface area (Å²) in [7, 11) is -3.61. The summed E-state index contributed by atoms with van der Waals surface area (Å²) in [6, 6.07) is 13.1. The molecule has 2 rings (SSSR count). The van der Waals surface area contributed by atoms with E-state index in [1.807, 2.05) is 0 Å². The summed E-state index contributed by atoms with van der Waals surface area (Å²) in [6.45, 7) is 5.32. The zero-order chi connectivity index (χ0) is 18.8. The van der Waals surface area contributed by atoms with Crippen LogP contribution in [0.25, 0.3) is 0 Å². The molecule has 2 N–H and O–H groups in total. The van der Waals surface area contributed by atoms with Crippen LogP contribution in [0.4, 0.5) is 0 Å². The van der Waals surface area contributed by atoms with Gasteiger partial charge in [0, 0.05) is 5.54 Å². The smallest absolute Gasteiger partial charge is 0.336 e. The van der Waals surface area contributed by atoms with Gasteiger partial charge in [-0.1, -0.05) is 46.3 Å². The number of carboxylic acid groups (broad SMARTS) is 1. The Bertz CT molecular complexity index is 871. The summed E-state index contributed by atoms with van der Waals surface area (Å²) in [5.74, 6) is -1.01. The fraction of sp³-hybridized carbons (Fsp3) is 0.278. The van der Waals surface area contributed by atoms with E-state index < -0.39 is 21.5 Å². The third-order valence-corrected chi connectivity index (χ3v) is 6.18. The van der Waals surface area contributed by atoms with Crippen LogP contribution < -0.4 is 4.72 Å². The van der Waals surface area contributed by atoms with Gasteiger partial charge in [0.15, 0.2) is 0 Å². The van der Waals surface area contributed by atoms with Gasteiger partial charge >= 0.3 is 5.97 Å². The molecule has 25 heavy (non-hydrogen) atoms. The molecule has 0 bridgehead atoms. The number of hydrogen-bond acceptors (Lipinski definition) is 3. The Kier molecular flexibility index (Phi) is 5.71. The summed E-state index contributed by atoms with van der Waals surface area (Å²) >= 11 is 3.51. The average Bonchev–Trinajstić information content (AvgIpc) is 2.52. The van der Waals surface area contributed by atoms with E-state index in [9.17, 15) is 18.3 Å². The highest BCUT2D eigenvalue weighted by molar-refractivity contribution is 9.09. The lowest BCUT2D eigenvalue weighted by Gasteiger charge is -2.20. The molecule has 5 nitrogen and oxygen atoms in total. The molecule has 0 aromatic heterocycles. The van der Waals surface area contributed by atoms with Gasteiger partial charge in [0.2, 0.25) is 10.0 Å². The Balaban J connectivity index is 2.33. The maximum absolute atomic E-state index is 12.3. The minimum Gasteiger partial charge on any atom is -0.478 e. The maximum Gasteiger partial charge on any atom is 0.336 e. The molecule has 0 aliphatic rings. The van der Waals surface area contributed by atoms with Crippen molar-refractivity contribution in [1.29, 1.82) is 0 Å². The minimum absolute atomic E-state index is 0.164. The first-order chi connectivity index (χ1) is 11.5. The van der Waals surface area contributed by atoms with Crippen molar-refractivity contribution in [2.24, 2.45) is 0 Å². The summed E-state index contributed by atoms with van der Waals surface area (Å²) in [5.41, 5.74) is 1.01. The van der Waals surface area contributed by atoms with E-state index in [0.717, 1.165) is 5.56 Å². The summed E-state index contributed by atoms with van der Waals surface area (Å²) in [5, 5.41) is 9.31. The van der Waals surface area contributed by atoms with Crippen LogP contribution in [0.15, 0.2) is 53.4 Å². The van der Waals surface area contributed by atoms with E-state index in [1.165, 1.54) is 18.2 Å². The van der Waals surface area contributed by atoms with Gasteiger partial charge in [-0.25, -0.2) is 17.9 Å². The molecule has 0 saturated carbocycles. The van der Waals surface area contributed by atoms with Gasteiger partial charge in [-0.3, -0.25) is 0 Å². The molecule has 2 aromatic rings. The molecule has 7 heteroatoms. The summed E-state index contributed by atoms with van der Waals surface area (Å²) in [6.07, 6.45) is 0. The monoisotopic (exact) mass is 425 g/mol. The molecule has 0 aliphatic carbocycles. The lowest BCUT2D eigenvalue weighted by Crippen LogP contribution is -2.40. The Morgan fingerprint density at radius 2 is 1.64 bits per heavy atom. The molecule has 1 atom stereocenters. The van der Waals surface area contributed by atoms with E-state index >= 15 is 0 Å². The van der Waals surface area contributed by atoms with Crippen molar-refractivity contribution in [3.8, 4) is 0 Å². The Hall–Kier alpha value is -1.70. The largest absolute Gasteiger partial charge is 0.478 e. The molecule has 134 valence electrons. The van der Waals surface area contributed by atoms with Crippen LogP contribution in [0.3, 0.4) is 0 Å². The van der Waals surface area contributed by atoms with Gasteiger partial charge in [-0.2, -0.15) is 0 Å². The summed E-state index contributed by atoms with van der Waals surface area (Å²) in [4.78, 5) is 11.2. The van der Waals surface area contributed by atoms with Crippen molar-refractivity contribution < 1.29 is 18.3 Å². The number of carbonyl (C=O) groups is 1. The molecule has 0 saturated heterocycles. The Morgan fingerprint density at radius 1 is 1.08 bits per heavy atom. The maximum atomic E-state index is 12.3. The van der Waals surface area contributed by atoms with Gasteiger partial charge in [0.25, 0.3) is 0 Å². The van der Waals surface area contributed by atoms with Crippen LogP contribution in [-0.4, -0.2) is 25.0 Å². The number of nitrogens with one attached hydrogen (secondary N) is 1. The predicted octanol–water partition coefficient (Wildman–Crippen LogP) is 3.95. The lowest BCUT2D eigenvalue weighted by atomic mass is 10.00. The van der Waals surface area contributed by atoms with E-state index in [2.05, 4.69) is 20.7 Å². The van der Waals surface area contributed by atoms with E-state index in [-0.39, 0.29) is 15.3 Å². The number of rotatable bonds is 5. The summed E-state index contributed by atoms with van der Waals surface area (Å²) < 4.78 is 27.3. The third-order valence-electron chi connectivity index (χ3n) is 3.39. The zero-order valence-electron chi connectivity index (χ0n) is 14.2. The first kappa shape index (κ1) is 19.6. The van der Waals surface area contributed by atoms with Crippen molar-refractivity contribution in [2.75, 3.05) is 0 Å². The normalized spacial score (nSPS) is 13.4. The zero-order valence-corrected chi connectivity index (χ0v) is 16.6. The lowest BCUT2D eigenvalue weighted by molar-refractivity contribution is 0.0696.